The van der Waals surface area contributed by atoms with Gasteiger partial charge < -0.3 is 10.2 Å². The van der Waals surface area contributed by atoms with Crippen LogP contribution >= 0.6 is 22.9 Å². The number of aromatic nitrogens is 1. The van der Waals surface area contributed by atoms with Gasteiger partial charge in [-0.2, -0.15) is 0 Å². The fourth-order valence-electron chi connectivity index (χ4n) is 3.90. The Balaban J connectivity index is 1.54. The van der Waals surface area contributed by atoms with Crippen LogP contribution in [0.3, 0.4) is 0 Å². The fourth-order valence-corrected chi connectivity index (χ4v) is 5.13. The summed E-state index contributed by atoms with van der Waals surface area (Å²) in [6.07, 6.45) is 2.20. The maximum atomic E-state index is 13.1. The van der Waals surface area contributed by atoms with Gasteiger partial charge in [0.25, 0.3) is 5.91 Å². The molecular formula is C19H22ClN3OS. The van der Waals surface area contributed by atoms with E-state index in [1.807, 2.05) is 36.1 Å². The van der Waals surface area contributed by atoms with Crippen LogP contribution in [-0.2, 0) is 0 Å². The fraction of sp³-hybridized carbons (Fsp3) is 0.474. The number of halogens is 1. The highest BCUT2D eigenvalue weighted by atomic mass is 35.5. The van der Waals surface area contributed by atoms with Gasteiger partial charge >= 0.3 is 0 Å². The van der Waals surface area contributed by atoms with E-state index in [-0.39, 0.29) is 5.91 Å². The Morgan fingerprint density at radius 3 is 2.68 bits per heavy atom. The standard InChI is InChI=1S/C19H22ClN3OS/c1-12-17(25-18(22-12)13-3-2-4-16(20)9-13)19(24)23-7-5-14-10-21-11-15(14)6-8-23/h2-4,9,14-15,21H,5-8,10-11H2,1H3/t14-,15+. The average molecular weight is 376 g/mol. The second-order valence-electron chi connectivity index (χ2n) is 6.99. The van der Waals surface area contributed by atoms with Gasteiger partial charge in [0.15, 0.2) is 0 Å². The number of amides is 1. The summed E-state index contributed by atoms with van der Waals surface area (Å²) >= 11 is 7.56. The van der Waals surface area contributed by atoms with Crippen molar-refractivity contribution in [2.75, 3.05) is 26.2 Å². The van der Waals surface area contributed by atoms with E-state index < -0.39 is 0 Å². The molecule has 1 N–H and O–H groups in total. The number of carbonyl (C=O) groups excluding carboxylic acids is 1. The number of benzene rings is 1. The number of hydrogen-bond acceptors (Lipinski definition) is 4. The van der Waals surface area contributed by atoms with Crippen LogP contribution in [0, 0.1) is 18.8 Å². The van der Waals surface area contributed by atoms with Gasteiger partial charge in [0.1, 0.15) is 9.88 Å². The van der Waals surface area contributed by atoms with Gasteiger partial charge in [0.05, 0.1) is 5.69 Å². The molecule has 2 aliphatic rings. The van der Waals surface area contributed by atoms with Crippen molar-refractivity contribution < 1.29 is 4.79 Å². The summed E-state index contributed by atoms with van der Waals surface area (Å²) in [5.74, 6) is 1.58. The molecule has 25 heavy (non-hydrogen) atoms. The largest absolute Gasteiger partial charge is 0.338 e. The third-order valence-corrected chi connectivity index (χ3v) is 6.80. The topological polar surface area (TPSA) is 45.2 Å². The smallest absolute Gasteiger partial charge is 0.265 e. The second-order valence-corrected chi connectivity index (χ2v) is 8.43. The summed E-state index contributed by atoms with van der Waals surface area (Å²) in [4.78, 5) is 20.5. The first-order valence-electron chi connectivity index (χ1n) is 8.85. The summed E-state index contributed by atoms with van der Waals surface area (Å²) < 4.78 is 0. The Morgan fingerprint density at radius 2 is 2.00 bits per heavy atom. The van der Waals surface area contributed by atoms with E-state index in [1.165, 1.54) is 11.3 Å². The summed E-state index contributed by atoms with van der Waals surface area (Å²) in [6, 6.07) is 7.64. The lowest BCUT2D eigenvalue weighted by atomic mass is 9.92. The minimum Gasteiger partial charge on any atom is -0.338 e. The first-order chi connectivity index (χ1) is 12.1. The Hall–Kier alpha value is -1.43. The maximum absolute atomic E-state index is 13.1. The predicted molar refractivity (Wildman–Crippen MR) is 102 cm³/mol. The van der Waals surface area contributed by atoms with Gasteiger partial charge in [0, 0.05) is 23.7 Å². The molecule has 2 saturated heterocycles. The molecule has 0 spiro atoms. The molecule has 4 nitrogen and oxygen atoms in total. The van der Waals surface area contributed by atoms with E-state index in [1.54, 1.807) is 0 Å². The number of likely N-dealkylation sites (tertiary alicyclic amines) is 1. The Kier molecular flexibility index (Phi) is 4.80. The first kappa shape index (κ1) is 17.0. The molecule has 0 saturated carbocycles. The van der Waals surface area contributed by atoms with Crippen LogP contribution in [-0.4, -0.2) is 42.0 Å². The van der Waals surface area contributed by atoms with Crippen molar-refractivity contribution in [3.8, 4) is 10.6 Å². The molecule has 0 bridgehead atoms. The molecule has 2 aromatic rings. The van der Waals surface area contributed by atoms with E-state index in [9.17, 15) is 4.79 Å². The Bertz CT molecular complexity index is 777. The number of rotatable bonds is 2. The molecule has 4 rings (SSSR count). The SMILES string of the molecule is Cc1nc(-c2cccc(Cl)c2)sc1C(=O)N1CC[C@@H]2CNC[C@@H]2CC1. The number of hydrogen-bond donors (Lipinski definition) is 1. The number of aryl methyl sites for hydroxylation is 1. The number of nitrogens with one attached hydrogen (secondary N) is 1. The van der Waals surface area contributed by atoms with Gasteiger partial charge in [-0.25, -0.2) is 4.98 Å². The minimum absolute atomic E-state index is 0.135. The van der Waals surface area contributed by atoms with Gasteiger partial charge in [-0.3, -0.25) is 4.79 Å². The number of fused-ring (bicyclic) bond motifs is 1. The van der Waals surface area contributed by atoms with Gasteiger partial charge in [-0.1, -0.05) is 23.7 Å². The minimum atomic E-state index is 0.135. The highest BCUT2D eigenvalue weighted by molar-refractivity contribution is 7.17. The molecule has 1 aromatic heterocycles. The second kappa shape index (κ2) is 7.06. The molecule has 3 heterocycles. The molecule has 2 fully saturated rings. The van der Waals surface area contributed by atoms with Crippen molar-refractivity contribution in [3.63, 3.8) is 0 Å². The lowest BCUT2D eigenvalue weighted by molar-refractivity contribution is 0.0762. The van der Waals surface area contributed by atoms with E-state index in [0.29, 0.717) is 5.02 Å². The molecule has 2 atom stereocenters. The van der Waals surface area contributed by atoms with Gasteiger partial charge in [0.2, 0.25) is 0 Å². The molecule has 1 aromatic carbocycles. The molecule has 2 aliphatic heterocycles. The molecule has 0 radical (unpaired) electrons. The van der Waals surface area contributed by atoms with Crippen molar-refractivity contribution in [3.05, 3.63) is 39.9 Å². The quantitative estimate of drug-likeness (QED) is 0.867. The Morgan fingerprint density at radius 1 is 1.28 bits per heavy atom. The molecular weight excluding hydrogens is 354 g/mol. The van der Waals surface area contributed by atoms with E-state index >= 15 is 0 Å². The van der Waals surface area contributed by atoms with E-state index in [4.69, 9.17) is 11.6 Å². The van der Waals surface area contributed by atoms with Crippen LogP contribution in [0.15, 0.2) is 24.3 Å². The van der Waals surface area contributed by atoms with Crippen LogP contribution in [0.1, 0.15) is 28.2 Å². The zero-order valence-corrected chi connectivity index (χ0v) is 15.9. The van der Waals surface area contributed by atoms with Crippen LogP contribution < -0.4 is 5.32 Å². The zero-order valence-electron chi connectivity index (χ0n) is 14.3. The van der Waals surface area contributed by atoms with Crippen LogP contribution in [0.5, 0.6) is 0 Å². The molecule has 132 valence electrons. The van der Waals surface area contributed by atoms with Crippen LogP contribution in [0.2, 0.25) is 5.02 Å². The average Bonchev–Trinajstić information content (AvgIpc) is 3.16. The number of carbonyl (C=O) groups is 1. The third kappa shape index (κ3) is 3.46. The maximum Gasteiger partial charge on any atom is 0.265 e. The van der Waals surface area contributed by atoms with Gasteiger partial charge in [-0.05, 0) is 56.8 Å². The van der Waals surface area contributed by atoms with Crippen LogP contribution in [0.25, 0.3) is 10.6 Å². The molecule has 0 aliphatic carbocycles. The van der Waals surface area contributed by atoms with Gasteiger partial charge in [-0.15, -0.1) is 11.3 Å². The molecule has 0 unspecified atom stereocenters. The summed E-state index contributed by atoms with van der Waals surface area (Å²) in [5.41, 5.74) is 1.78. The Labute approximate surface area is 157 Å². The molecule has 6 heteroatoms. The summed E-state index contributed by atoms with van der Waals surface area (Å²) in [5, 5.41) is 5.03. The monoisotopic (exact) mass is 375 g/mol. The van der Waals surface area contributed by atoms with Crippen molar-refractivity contribution in [1.82, 2.24) is 15.2 Å². The highest BCUT2D eigenvalue weighted by Gasteiger charge is 2.32. The third-order valence-electron chi connectivity index (χ3n) is 5.37. The van der Waals surface area contributed by atoms with Crippen LogP contribution in [0.4, 0.5) is 0 Å². The van der Waals surface area contributed by atoms with Crippen molar-refractivity contribution in [2.45, 2.75) is 19.8 Å². The normalized spacial score (nSPS) is 23.4. The van der Waals surface area contributed by atoms with E-state index in [2.05, 4.69) is 10.3 Å². The number of thiazole rings is 1. The predicted octanol–water partition coefficient (Wildman–Crippen LogP) is 3.84. The van der Waals surface area contributed by atoms with Crippen molar-refractivity contribution in [1.29, 1.82) is 0 Å². The zero-order chi connectivity index (χ0) is 17.4. The first-order valence-corrected chi connectivity index (χ1v) is 10.0. The summed E-state index contributed by atoms with van der Waals surface area (Å²) in [7, 11) is 0. The summed E-state index contributed by atoms with van der Waals surface area (Å²) in [6.45, 7) is 5.84. The lowest BCUT2D eigenvalue weighted by Gasteiger charge is -2.20. The lowest BCUT2D eigenvalue weighted by Crippen LogP contribution is -2.32. The highest BCUT2D eigenvalue weighted by Crippen LogP contribution is 2.32. The molecule has 1 amide bonds. The van der Waals surface area contributed by atoms with E-state index in [0.717, 1.165) is 72.0 Å². The van der Waals surface area contributed by atoms with Crippen molar-refractivity contribution >= 4 is 28.8 Å². The van der Waals surface area contributed by atoms with Crippen molar-refractivity contribution in [2.24, 2.45) is 11.8 Å². The number of nitrogens with zero attached hydrogens (tertiary/aromatic N) is 2.